The number of aromatic hydroxyl groups is 1. The van der Waals surface area contributed by atoms with E-state index in [-0.39, 0.29) is 5.75 Å². The van der Waals surface area contributed by atoms with Gasteiger partial charge in [0.1, 0.15) is 11.6 Å². The van der Waals surface area contributed by atoms with E-state index < -0.39 is 0 Å². The molecule has 0 aliphatic rings. The normalized spacial score (nSPS) is 12.5. The fourth-order valence-corrected chi connectivity index (χ4v) is 2.72. The van der Waals surface area contributed by atoms with Gasteiger partial charge in [0.15, 0.2) is 0 Å². The Kier molecular flexibility index (Phi) is 7.14. The van der Waals surface area contributed by atoms with Crippen LogP contribution < -0.4 is 22.5 Å². The monoisotopic (exact) mass is 367 g/mol. The number of para-hydroxylation sites is 1. The third-order valence-electron chi connectivity index (χ3n) is 4.46. The van der Waals surface area contributed by atoms with Crippen molar-refractivity contribution < 1.29 is 5.11 Å². The third kappa shape index (κ3) is 5.43. The topological polar surface area (TPSA) is 114 Å². The van der Waals surface area contributed by atoms with E-state index in [1.54, 1.807) is 31.3 Å². The number of hydrogen-bond donors (Lipinski definition) is 5. The number of rotatable bonds is 8. The Labute approximate surface area is 161 Å². The molecule has 2 aromatic rings. The van der Waals surface area contributed by atoms with E-state index >= 15 is 0 Å². The number of hydrogen-bond acceptors (Lipinski definition) is 6. The van der Waals surface area contributed by atoms with Crippen LogP contribution in [0.5, 0.6) is 5.75 Å². The minimum absolute atomic E-state index is 0.135. The van der Waals surface area contributed by atoms with Crippen molar-refractivity contribution in [2.24, 2.45) is 17.2 Å². The van der Waals surface area contributed by atoms with E-state index in [1.807, 2.05) is 30.1 Å². The van der Waals surface area contributed by atoms with Gasteiger partial charge in [0.25, 0.3) is 0 Å². The molecule has 0 saturated carbocycles. The molecular formula is C21H29N5O. The lowest BCUT2D eigenvalue weighted by atomic mass is 10.1. The summed E-state index contributed by atoms with van der Waals surface area (Å²) in [5, 5.41) is 13.0. The van der Waals surface area contributed by atoms with Crippen molar-refractivity contribution in [3.8, 4) is 5.75 Å². The molecule has 144 valence electrons. The van der Waals surface area contributed by atoms with Gasteiger partial charge in [-0.2, -0.15) is 0 Å². The van der Waals surface area contributed by atoms with Crippen LogP contribution in [0.15, 0.2) is 66.1 Å². The number of nitrogens with one attached hydrogen (secondary N) is 1. The largest absolute Gasteiger partial charge is 0.507 e. The Balaban J connectivity index is 2.18. The fourth-order valence-electron chi connectivity index (χ4n) is 2.72. The average molecular weight is 367 g/mol. The van der Waals surface area contributed by atoms with Crippen LogP contribution in [0.25, 0.3) is 5.70 Å². The summed E-state index contributed by atoms with van der Waals surface area (Å²) in [6, 6.07) is 15.2. The highest BCUT2D eigenvalue weighted by molar-refractivity contribution is 5.69. The smallest absolute Gasteiger partial charge is 0.124 e. The molecule has 0 spiro atoms. The van der Waals surface area contributed by atoms with Gasteiger partial charge in [-0.1, -0.05) is 36.4 Å². The molecule has 0 amide bonds. The number of nitrogens with two attached hydrogens (primary N) is 3. The van der Waals surface area contributed by atoms with E-state index in [1.165, 1.54) is 5.56 Å². The summed E-state index contributed by atoms with van der Waals surface area (Å²) in [4.78, 5) is 2.04. The Hall–Kier alpha value is -3.12. The zero-order valence-corrected chi connectivity index (χ0v) is 15.9. The number of allylic oxidation sites excluding steroid dienone is 1. The highest BCUT2D eigenvalue weighted by Crippen LogP contribution is 2.23. The Bertz CT molecular complexity index is 812. The number of phenols is 1. The minimum Gasteiger partial charge on any atom is -0.507 e. The van der Waals surface area contributed by atoms with E-state index in [4.69, 9.17) is 17.2 Å². The summed E-state index contributed by atoms with van der Waals surface area (Å²) in [5.41, 5.74) is 22.1. The molecule has 6 nitrogen and oxygen atoms in total. The quantitative estimate of drug-likeness (QED) is 0.454. The summed E-state index contributed by atoms with van der Waals surface area (Å²) in [7, 11) is 3.72. The molecule has 0 heterocycles. The summed E-state index contributed by atoms with van der Waals surface area (Å²) >= 11 is 0. The van der Waals surface area contributed by atoms with Crippen LogP contribution in [0.2, 0.25) is 0 Å². The molecule has 0 aliphatic carbocycles. The number of nitrogens with zero attached hydrogens (tertiary/aromatic N) is 1. The molecule has 0 fully saturated rings. The first-order chi connectivity index (χ1) is 13.0. The number of likely N-dealkylation sites (N-methyl/N-ethyl adjacent to an activating group) is 1. The van der Waals surface area contributed by atoms with Crippen LogP contribution in [0.4, 0.5) is 0 Å². The first kappa shape index (κ1) is 20.2. The first-order valence-electron chi connectivity index (χ1n) is 8.88. The predicted octanol–water partition coefficient (Wildman–Crippen LogP) is 1.67. The van der Waals surface area contributed by atoms with Gasteiger partial charge >= 0.3 is 0 Å². The second-order valence-electron chi connectivity index (χ2n) is 6.36. The van der Waals surface area contributed by atoms with Gasteiger partial charge in [-0.25, -0.2) is 0 Å². The Morgan fingerprint density at radius 3 is 2.30 bits per heavy atom. The van der Waals surface area contributed by atoms with Gasteiger partial charge in [0, 0.05) is 38.4 Å². The molecule has 6 heteroatoms. The molecular weight excluding hydrogens is 338 g/mol. The molecule has 0 saturated heterocycles. The van der Waals surface area contributed by atoms with Crippen molar-refractivity contribution in [3.05, 3.63) is 82.8 Å². The maximum Gasteiger partial charge on any atom is 0.124 e. The molecule has 0 bridgehead atoms. The molecule has 2 rings (SSSR count). The van der Waals surface area contributed by atoms with Crippen molar-refractivity contribution in [2.45, 2.75) is 13.0 Å². The first-order valence-corrected chi connectivity index (χ1v) is 8.88. The summed E-state index contributed by atoms with van der Waals surface area (Å²) in [6.45, 7) is 1.30. The minimum atomic E-state index is 0.135. The van der Waals surface area contributed by atoms with Crippen LogP contribution in [-0.4, -0.2) is 30.6 Å². The molecule has 27 heavy (non-hydrogen) atoms. The molecule has 0 aliphatic heterocycles. The van der Waals surface area contributed by atoms with Crippen molar-refractivity contribution >= 4 is 5.70 Å². The van der Waals surface area contributed by atoms with Crippen molar-refractivity contribution in [1.82, 2.24) is 10.2 Å². The lowest BCUT2D eigenvalue weighted by molar-refractivity contribution is 0.426. The SMILES string of the molecule is CN/C(N)=C(/C=C(\N)c1ccccc1O)N(C)CCc1ccc(CN)cc1. The van der Waals surface area contributed by atoms with Gasteiger partial charge in [-0.05, 0) is 35.8 Å². The van der Waals surface area contributed by atoms with Gasteiger partial charge in [-0.15, -0.1) is 0 Å². The lowest BCUT2D eigenvalue weighted by Gasteiger charge is -2.23. The zero-order valence-electron chi connectivity index (χ0n) is 15.9. The van der Waals surface area contributed by atoms with Crippen molar-refractivity contribution in [1.29, 1.82) is 0 Å². The van der Waals surface area contributed by atoms with E-state index in [9.17, 15) is 5.11 Å². The van der Waals surface area contributed by atoms with E-state index in [0.717, 1.165) is 24.2 Å². The van der Waals surface area contributed by atoms with Gasteiger partial charge in [0.05, 0.1) is 5.70 Å². The van der Waals surface area contributed by atoms with Crippen LogP contribution in [0.1, 0.15) is 16.7 Å². The van der Waals surface area contributed by atoms with Crippen LogP contribution in [0.3, 0.4) is 0 Å². The molecule has 8 N–H and O–H groups in total. The second-order valence-corrected chi connectivity index (χ2v) is 6.36. The van der Waals surface area contributed by atoms with Gasteiger partial charge in [0.2, 0.25) is 0 Å². The summed E-state index contributed by atoms with van der Waals surface area (Å²) in [6.07, 6.45) is 2.63. The van der Waals surface area contributed by atoms with Crippen LogP contribution in [0, 0.1) is 0 Å². The Morgan fingerprint density at radius 1 is 1.07 bits per heavy atom. The maximum atomic E-state index is 10.0. The van der Waals surface area contributed by atoms with Crippen LogP contribution in [-0.2, 0) is 13.0 Å². The Morgan fingerprint density at radius 2 is 1.70 bits per heavy atom. The molecule has 0 radical (unpaired) electrons. The highest BCUT2D eigenvalue weighted by atomic mass is 16.3. The van der Waals surface area contributed by atoms with Gasteiger partial charge in [-0.3, -0.25) is 0 Å². The van der Waals surface area contributed by atoms with Gasteiger partial charge < -0.3 is 32.5 Å². The van der Waals surface area contributed by atoms with E-state index in [2.05, 4.69) is 17.4 Å². The predicted molar refractivity (Wildman–Crippen MR) is 111 cm³/mol. The van der Waals surface area contributed by atoms with Crippen molar-refractivity contribution in [2.75, 3.05) is 20.6 Å². The molecule has 0 atom stereocenters. The summed E-state index contributed by atoms with van der Waals surface area (Å²) in [5.74, 6) is 0.644. The lowest BCUT2D eigenvalue weighted by Crippen LogP contribution is -2.28. The standard InChI is InChI=1S/C21H29N5O/c1-25-21(24)19(13-18(23)17-5-3-4-6-20(17)27)26(2)12-11-15-7-9-16(14-22)10-8-15/h3-10,13,25,27H,11-12,14,22-24H2,1-2H3/b18-13-,21-19-. The highest BCUT2D eigenvalue weighted by Gasteiger charge is 2.10. The molecule has 0 unspecified atom stereocenters. The van der Waals surface area contributed by atoms with E-state index in [0.29, 0.717) is 23.6 Å². The third-order valence-corrected chi connectivity index (χ3v) is 4.46. The summed E-state index contributed by atoms with van der Waals surface area (Å²) < 4.78 is 0. The molecule has 0 aromatic heterocycles. The fraction of sp³-hybridized carbons (Fsp3) is 0.238. The number of benzene rings is 2. The maximum absolute atomic E-state index is 10.0. The number of phenolic OH excluding ortho intramolecular Hbond substituents is 1. The van der Waals surface area contributed by atoms with Crippen molar-refractivity contribution in [3.63, 3.8) is 0 Å². The second kappa shape index (κ2) is 9.54. The average Bonchev–Trinajstić information content (AvgIpc) is 2.70. The van der Waals surface area contributed by atoms with Crippen LogP contribution >= 0.6 is 0 Å². The molecule has 2 aromatic carbocycles. The zero-order chi connectivity index (χ0) is 19.8.